The van der Waals surface area contributed by atoms with E-state index in [9.17, 15) is 0 Å². The van der Waals surface area contributed by atoms with Gasteiger partial charge in [-0.05, 0) is 26.3 Å². The van der Waals surface area contributed by atoms with Crippen LogP contribution in [0.5, 0.6) is 0 Å². The summed E-state index contributed by atoms with van der Waals surface area (Å²) in [6, 6.07) is 0. The number of nitrogens with zero attached hydrogens (tertiary/aromatic N) is 4. The predicted molar refractivity (Wildman–Crippen MR) is 60.9 cm³/mol. The first-order chi connectivity index (χ1) is 7.75. The molecule has 3 rings (SSSR count). The molecule has 5 nitrogen and oxygen atoms in total. The molecule has 1 aromatic heterocycles. The van der Waals surface area contributed by atoms with Crippen molar-refractivity contribution in [2.75, 3.05) is 19.6 Å². The molecule has 1 saturated heterocycles. The zero-order chi connectivity index (χ0) is 11.0. The molecular weight excluding hydrogens is 202 g/mol. The van der Waals surface area contributed by atoms with Crippen LogP contribution in [0.4, 0.5) is 0 Å². The van der Waals surface area contributed by atoms with Gasteiger partial charge in [-0.3, -0.25) is 4.90 Å². The Morgan fingerprint density at radius 2 is 2.44 bits per heavy atom. The van der Waals surface area contributed by atoms with Gasteiger partial charge in [-0.15, -0.1) is 10.2 Å². The largest absolute Gasteiger partial charge is 0.315 e. The molecule has 3 heterocycles. The molecule has 0 bridgehead atoms. The lowest BCUT2D eigenvalue weighted by Crippen LogP contribution is -2.49. The lowest BCUT2D eigenvalue weighted by molar-refractivity contribution is 0.165. The van der Waals surface area contributed by atoms with Crippen molar-refractivity contribution in [2.24, 2.45) is 0 Å². The third-order valence-corrected chi connectivity index (χ3v) is 3.75. The molecule has 0 spiro atoms. The molecule has 1 aromatic rings. The molecule has 1 N–H and O–H groups in total. The molecule has 0 radical (unpaired) electrons. The highest BCUT2D eigenvalue weighted by Crippen LogP contribution is 2.21. The van der Waals surface area contributed by atoms with E-state index >= 15 is 0 Å². The minimum atomic E-state index is 0.308. The van der Waals surface area contributed by atoms with E-state index in [2.05, 4.69) is 31.9 Å². The summed E-state index contributed by atoms with van der Waals surface area (Å²) in [4.78, 5) is 2.49. The van der Waals surface area contributed by atoms with Crippen LogP contribution < -0.4 is 5.32 Å². The first-order valence-corrected chi connectivity index (χ1v) is 6.09. The van der Waals surface area contributed by atoms with Crippen molar-refractivity contribution in [2.45, 2.75) is 38.4 Å². The van der Waals surface area contributed by atoms with Crippen LogP contribution in [0.3, 0.4) is 0 Å². The topological polar surface area (TPSA) is 46.0 Å². The van der Waals surface area contributed by atoms with Crippen LogP contribution in [0.15, 0.2) is 6.33 Å². The van der Waals surface area contributed by atoms with Crippen molar-refractivity contribution < 1.29 is 0 Å². The summed E-state index contributed by atoms with van der Waals surface area (Å²) >= 11 is 0. The standard InChI is InChI=1S/C11H19N5/c1-11(3-2-4-12-11)8-15-5-6-16-9-13-14-10(16)7-15/h9,12H,2-8H2,1H3. The van der Waals surface area contributed by atoms with Gasteiger partial charge in [0.1, 0.15) is 12.2 Å². The van der Waals surface area contributed by atoms with Crippen LogP contribution in [-0.2, 0) is 13.1 Å². The van der Waals surface area contributed by atoms with E-state index in [1.54, 1.807) is 0 Å². The lowest BCUT2D eigenvalue weighted by atomic mass is 9.99. The van der Waals surface area contributed by atoms with Crippen molar-refractivity contribution >= 4 is 0 Å². The molecule has 1 atom stereocenters. The van der Waals surface area contributed by atoms with Crippen molar-refractivity contribution in [1.82, 2.24) is 25.0 Å². The Morgan fingerprint density at radius 3 is 3.25 bits per heavy atom. The maximum Gasteiger partial charge on any atom is 0.147 e. The molecule has 0 saturated carbocycles. The fourth-order valence-corrected chi connectivity index (χ4v) is 2.84. The van der Waals surface area contributed by atoms with Crippen molar-refractivity contribution in [3.63, 3.8) is 0 Å². The van der Waals surface area contributed by atoms with Crippen LogP contribution in [0.25, 0.3) is 0 Å². The molecular formula is C11H19N5. The van der Waals surface area contributed by atoms with Crippen LogP contribution in [-0.4, -0.2) is 44.8 Å². The minimum absolute atomic E-state index is 0.308. The predicted octanol–water partition coefficient (Wildman–Crippen LogP) is 0.236. The van der Waals surface area contributed by atoms with E-state index in [0.717, 1.165) is 32.0 Å². The van der Waals surface area contributed by atoms with E-state index in [1.807, 2.05) is 6.33 Å². The number of hydrogen-bond donors (Lipinski definition) is 1. The van der Waals surface area contributed by atoms with Crippen LogP contribution in [0, 0.1) is 0 Å². The molecule has 1 unspecified atom stereocenters. The van der Waals surface area contributed by atoms with E-state index in [4.69, 9.17) is 0 Å². The fraction of sp³-hybridized carbons (Fsp3) is 0.818. The molecule has 88 valence electrons. The van der Waals surface area contributed by atoms with Crippen molar-refractivity contribution in [3.8, 4) is 0 Å². The lowest BCUT2D eigenvalue weighted by Gasteiger charge is -2.34. The van der Waals surface area contributed by atoms with Gasteiger partial charge in [-0.1, -0.05) is 0 Å². The average molecular weight is 221 g/mol. The van der Waals surface area contributed by atoms with Crippen molar-refractivity contribution in [3.05, 3.63) is 12.2 Å². The number of fused-ring (bicyclic) bond motifs is 1. The van der Waals surface area contributed by atoms with Crippen LogP contribution in [0.2, 0.25) is 0 Å². The van der Waals surface area contributed by atoms with Crippen LogP contribution >= 0.6 is 0 Å². The Labute approximate surface area is 95.8 Å². The molecule has 2 aliphatic rings. The molecule has 0 aliphatic carbocycles. The summed E-state index contributed by atoms with van der Waals surface area (Å²) in [5.41, 5.74) is 0.308. The average Bonchev–Trinajstić information content (AvgIpc) is 2.86. The van der Waals surface area contributed by atoms with Crippen molar-refractivity contribution in [1.29, 1.82) is 0 Å². The normalized spacial score (nSPS) is 30.6. The Morgan fingerprint density at radius 1 is 1.50 bits per heavy atom. The van der Waals surface area contributed by atoms with E-state index in [1.165, 1.54) is 19.4 Å². The number of nitrogens with one attached hydrogen (secondary N) is 1. The Bertz CT molecular complexity index is 366. The zero-order valence-corrected chi connectivity index (χ0v) is 9.82. The second-order valence-electron chi connectivity index (χ2n) is 5.24. The van der Waals surface area contributed by atoms with Gasteiger partial charge in [0.15, 0.2) is 0 Å². The Balaban J connectivity index is 1.65. The molecule has 0 amide bonds. The third kappa shape index (κ3) is 1.85. The van der Waals surface area contributed by atoms with E-state index in [0.29, 0.717) is 5.54 Å². The van der Waals surface area contributed by atoms with E-state index in [-0.39, 0.29) is 0 Å². The first kappa shape index (κ1) is 10.2. The van der Waals surface area contributed by atoms with Gasteiger partial charge in [-0.2, -0.15) is 0 Å². The summed E-state index contributed by atoms with van der Waals surface area (Å²) in [6.45, 7) is 7.71. The molecule has 2 aliphatic heterocycles. The summed E-state index contributed by atoms with van der Waals surface area (Å²) in [6.07, 6.45) is 4.43. The monoisotopic (exact) mass is 221 g/mol. The summed E-state index contributed by atoms with van der Waals surface area (Å²) in [5.74, 6) is 1.10. The highest BCUT2D eigenvalue weighted by atomic mass is 15.3. The Kier molecular flexibility index (Phi) is 2.44. The molecule has 5 heteroatoms. The van der Waals surface area contributed by atoms with Gasteiger partial charge < -0.3 is 9.88 Å². The van der Waals surface area contributed by atoms with Gasteiger partial charge in [0, 0.05) is 25.2 Å². The van der Waals surface area contributed by atoms with Crippen LogP contribution in [0.1, 0.15) is 25.6 Å². The van der Waals surface area contributed by atoms with E-state index < -0.39 is 0 Å². The molecule has 0 aromatic carbocycles. The number of rotatable bonds is 2. The minimum Gasteiger partial charge on any atom is -0.315 e. The number of hydrogen-bond acceptors (Lipinski definition) is 4. The molecule has 16 heavy (non-hydrogen) atoms. The summed E-state index contributed by atoms with van der Waals surface area (Å²) < 4.78 is 2.15. The second-order valence-corrected chi connectivity index (χ2v) is 5.24. The highest BCUT2D eigenvalue weighted by molar-refractivity contribution is 4.95. The number of aromatic nitrogens is 3. The van der Waals surface area contributed by atoms with Gasteiger partial charge >= 0.3 is 0 Å². The Hall–Kier alpha value is -0.940. The highest BCUT2D eigenvalue weighted by Gasteiger charge is 2.31. The zero-order valence-electron chi connectivity index (χ0n) is 9.82. The maximum atomic E-state index is 4.16. The quantitative estimate of drug-likeness (QED) is 0.777. The molecule has 1 fully saturated rings. The van der Waals surface area contributed by atoms with Gasteiger partial charge in [-0.25, -0.2) is 0 Å². The van der Waals surface area contributed by atoms with Gasteiger partial charge in [0.25, 0.3) is 0 Å². The maximum absolute atomic E-state index is 4.16. The first-order valence-electron chi connectivity index (χ1n) is 6.09. The second kappa shape index (κ2) is 3.82. The fourth-order valence-electron chi connectivity index (χ4n) is 2.84. The summed E-state index contributed by atoms with van der Waals surface area (Å²) in [5, 5.41) is 11.7. The van der Waals surface area contributed by atoms with Gasteiger partial charge in [0.2, 0.25) is 0 Å². The smallest absolute Gasteiger partial charge is 0.147 e. The van der Waals surface area contributed by atoms with Gasteiger partial charge in [0.05, 0.1) is 6.54 Å². The third-order valence-electron chi connectivity index (χ3n) is 3.75. The SMILES string of the molecule is CC1(CN2CCn3cnnc3C2)CCCN1. The summed E-state index contributed by atoms with van der Waals surface area (Å²) in [7, 11) is 0.